The van der Waals surface area contributed by atoms with Gasteiger partial charge in [-0.15, -0.1) is 0 Å². The summed E-state index contributed by atoms with van der Waals surface area (Å²) in [6, 6.07) is 14.9. The van der Waals surface area contributed by atoms with Crippen LogP contribution in [0.5, 0.6) is 5.75 Å². The van der Waals surface area contributed by atoms with E-state index in [0.29, 0.717) is 16.6 Å². The highest BCUT2D eigenvalue weighted by Crippen LogP contribution is 2.46. The maximum atomic E-state index is 13.7. The fraction of sp³-hybridized carbons (Fsp3) is 0.296. The van der Waals surface area contributed by atoms with Gasteiger partial charge in [-0.05, 0) is 43.9 Å². The van der Waals surface area contributed by atoms with Crippen LogP contribution in [0.2, 0.25) is 0 Å². The molecule has 0 spiro atoms. The Balaban J connectivity index is 1.44. The largest absolute Gasteiger partial charge is 0.487 e. The van der Waals surface area contributed by atoms with Gasteiger partial charge in [0.2, 0.25) is 0 Å². The number of para-hydroxylation sites is 1. The van der Waals surface area contributed by atoms with E-state index in [0.717, 1.165) is 48.8 Å². The third-order valence-electron chi connectivity index (χ3n) is 6.63. The van der Waals surface area contributed by atoms with Crippen molar-refractivity contribution < 1.29 is 23.2 Å². The van der Waals surface area contributed by atoms with Gasteiger partial charge in [0.1, 0.15) is 12.4 Å². The average molecular weight is 520 g/mol. The predicted molar refractivity (Wildman–Crippen MR) is 135 cm³/mol. The van der Waals surface area contributed by atoms with Gasteiger partial charge >= 0.3 is 0 Å². The zero-order valence-corrected chi connectivity index (χ0v) is 20.1. The SMILES string of the molecule is O=C(Nc1cc(OCC(F)F)cc([N+](=O)[O-])c1)c1cc(C2CC2)nc2c1c(C1CC1)nn2-c1ccccc1. The standard InChI is InChI=1S/C27H23F2N5O4/c28-23(29)14-38-20-11-17(10-19(12-20)34(36)37)30-27(35)21-13-22(15-6-7-15)31-26-24(21)25(16-8-9-16)32-33(26)18-4-2-1-3-5-18/h1-5,10-13,15-16,23H,6-9,14H2,(H,30,35). The van der Waals surface area contributed by atoms with Crippen molar-refractivity contribution in [1.29, 1.82) is 0 Å². The lowest BCUT2D eigenvalue weighted by molar-refractivity contribution is -0.384. The molecular weight excluding hydrogens is 496 g/mol. The number of nitrogens with one attached hydrogen (secondary N) is 1. The number of rotatable bonds is 9. The Bertz CT molecular complexity index is 1550. The van der Waals surface area contributed by atoms with Gasteiger partial charge in [-0.3, -0.25) is 14.9 Å². The van der Waals surface area contributed by atoms with Crippen molar-refractivity contribution in [2.24, 2.45) is 0 Å². The number of ether oxygens (including phenoxy) is 1. The van der Waals surface area contributed by atoms with Gasteiger partial charge in [0.25, 0.3) is 18.0 Å². The second kappa shape index (κ2) is 9.47. The molecule has 2 aliphatic rings. The number of hydrogen-bond acceptors (Lipinski definition) is 6. The van der Waals surface area contributed by atoms with E-state index in [9.17, 15) is 23.7 Å². The van der Waals surface area contributed by atoms with Crippen LogP contribution in [-0.4, -0.2) is 38.6 Å². The van der Waals surface area contributed by atoms with Crippen LogP contribution >= 0.6 is 0 Å². The van der Waals surface area contributed by atoms with Gasteiger partial charge in [-0.1, -0.05) is 18.2 Å². The molecule has 0 saturated heterocycles. The molecule has 11 heteroatoms. The number of aromatic nitrogens is 3. The molecule has 1 N–H and O–H groups in total. The first-order valence-corrected chi connectivity index (χ1v) is 12.4. The summed E-state index contributed by atoms with van der Waals surface area (Å²) in [5.41, 5.74) is 3.06. The molecule has 2 heterocycles. The Hall–Kier alpha value is -4.41. The fourth-order valence-electron chi connectivity index (χ4n) is 4.52. The van der Waals surface area contributed by atoms with Crippen molar-refractivity contribution in [2.75, 3.05) is 11.9 Å². The lowest BCUT2D eigenvalue weighted by Crippen LogP contribution is -2.14. The molecule has 2 aromatic heterocycles. The first-order chi connectivity index (χ1) is 18.4. The number of halogens is 2. The molecule has 0 unspecified atom stereocenters. The second-order valence-corrected chi connectivity index (χ2v) is 9.60. The molecule has 38 heavy (non-hydrogen) atoms. The molecule has 2 saturated carbocycles. The van der Waals surface area contributed by atoms with E-state index in [2.05, 4.69) is 5.32 Å². The van der Waals surface area contributed by atoms with E-state index in [-0.39, 0.29) is 29.0 Å². The molecule has 0 atom stereocenters. The van der Waals surface area contributed by atoms with E-state index >= 15 is 0 Å². The number of carbonyl (C=O) groups excluding carboxylic acids is 1. The number of alkyl halides is 2. The summed E-state index contributed by atoms with van der Waals surface area (Å²) in [4.78, 5) is 29.4. The third-order valence-corrected chi connectivity index (χ3v) is 6.63. The Morgan fingerprint density at radius 2 is 1.84 bits per heavy atom. The lowest BCUT2D eigenvalue weighted by Gasteiger charge is -2.11. The number of amides is 1. The van der Waals surface area contributed by atoms with Crippen LogP contribution in [0.3, 0.4) is 0 Å². The normalized spacial score (nSPS) is 15.1. The predicted octanol–water partition coefficient (Wildman–Crippen LogP) is 5.98. The van der Waals surface area contributed by atoms with Crippen LogP contribution < -0.4 is 10.1 Å². The topological polar surface area (TPSA) is 112 Å². The second-order valence-electron chi connectivity index (χ2n) is 9.60. The summed E-state index contributed by atoms with van der Waals surface area (Å²) in [5.74, 6) is -0.158. The molecule has 2 aliphatic carbocycles. The summed E-state index contributed by atoms with van der Waals surface area (Å²) < 4.78 is 32.1. The molecule has 194 valence electrons. The number of non-ortho nitro benzene ring substituents is 1. The minimum Gasteiger partial charge on any atom is -0.487 e. The van der Waals surface area contributed by atoms with E-state index < -0.39 is 23.9 Å². The quantitative estimate of drug-likeness (QED) is 0.215. The summed E-state index contributed by atoms with van der Waals surface area (Å²) >= 11 is 0. The molecule has 6 rings (SSSR count). The highest BCUT2D eigenvalue weighted by Gasteiger charge is 2.34. The van der Waals surface area contributed by atoms with Crippen molar-refractivity contribution in [2.45, 2.75) is 43.9 Å². The van der Waals surface area contributed by atoms with Crippen LogP contribution in [-0.2, 0) is 0 Å². The Morgan fingerprint density at radius 3 is 2.50 bits per heavy atom. The minimum absolute atomic E-state index is 0.0647. The average Bonchev–Trinajstić information content (AvgIpc) is 3.84. The number of nitro benzene ring substituents is 1. The molecule has 2 aromatic carbocycles. The van der Waals surface area contributed by atoms with Crippen LogP contribution in [0.25, 0.3) is 16.7 Å². The van der Waals surface area contributed by atoms with Crippen LogP contribution in [0.1, 0.15) is 59.3 Å². The molecule has 0 aliphatic heterocycles. The van der Waals surface area contributed by atoms with E-state index in [4.69, 9.17) is 14.8 Å². The van der Waals surface area contributed by atoms with Gasteiger partial charge < -0.3 is 10.1 Å². The Labute approximate surface area is 215 Å². The molecule has 0 bridgehead atoms. The van der Waals surface area contributed by atoms with E-state index in [1.54, 1.807) is 10.7 Å². The lowest BCUT2D eigenvalue weighted by atomic mass is 10.0. The maximum absolute atomic E-state index is 13.7. The molecule has 1 amide bonds. The number of nitro groups is 1. The number of nitrogens with zero attached hydrogens (tertiary/aromatic N) is 4. The molecule has 2 fully saturated rings. The fourth-order valence-corrected chi connectivity index (χ4v) is 4.52. The van der Waals surface area contributed by atoms with Gasteiger partial charge in [0.05, 0.1) is 39.0 Å². The van der Waals surface area contributed by atoms with Crippen LogP contribution in [0.4, 0.5) is 20.2 Å². The van der Waals surface area contributed by atoms with Gasteiger partial charge in [0.15, 0.2) is 5.65 Å². The summed E-state index contributed by atoms with van der Waals surface area (Å²) in [6.07, 6.45) is 1.12. The van der Waals surface area contributed by atoms with Gasteiger partial charge in [-0.25, -0.2) is 18.4 Å². The van der Waals surface area contributed by atoms with Crippen molar-refractivity contribution in [1.82, 2.24) is 14.8 Å². The number of anilines is 1. The summed E-state index contributed by atoms with van der Waals surface area (Å²) in [6.45, 7) is -0.923. The Morgan fingerprint density at radius 1 is 1.11 bits per heavy atom. The number of fused-ring (bicyclic) bond motifs is 1. The highest BCUT2D eigenvalue weighted by atomic mass is 19.3. The van der Waals surface area contributed by atoms with Crippen molar-refractivity contribution in [3.63, 3.8) is 0 Å². The van der Waals surface area contributed by atoms with Crippen molar-refractivity contribution in [3.05, 3.63) is 81.7 Å². The highest BCUT2D eigenvalue weighted by molar-refractivity contribution is 6.13. The van der Waals surface area contributed by atoms with Gasteiger partial charge in [-0.2, -0.15) is 5.10 Å². The minimum atomic E-state index is -2.75. The smallest absolute Gasteiger partial charge is 0.275 e. The number of pyridine rings is 1. The summed E-state index contributed by atoms with van der Waals surface area (Å²) in [5, 5.41) is 19.7. The van der Waals surface area contributed by atoms with Crippen molar-refractivity contribution >= 4 is 28.3 Å². The first-order valence-electron chi connectivity index (χ1n) is 12.4. The maximum Gasteiger partial charge on any atom is 0.275 e. The number of carbonyl (C=O) groups is 1. The Kier molecular flexibility index (Phi) is 5.97. The molecular formula is C27H23F2N5O4. The molecule has 0 radical (unpaired) electrons. The molecule has 9 nitrogen and oxygen atoms in total. The van der Waals surface area contributed by atoms with E-state index in [1.165, 1.54) is 12.1 Å². The van der Waals surface area contributed by atoms with Crippen molar-refractivity contribution in [3.8, 4) is 11.4 Å². The first kappa shape index (κ1) is 24.0. The van der Waals surface area contributed by atoms with Crippen LogP contribution in [0.15, 0.2) is 54.6 Å². The number of benzene rings is 2. The van der Waals surface area contributed by atoms with Crippen LogP contribution in [0, 0.1) is 10.1 Å². The monoisotopic (exact) mass is 519 g/mol. The molecule has 4 aromatic rings. The zero-order chi connectivity index (χ0) is 26.4. The van der Waals surface area contributed by atoms with E-state index in [1.807, 2.05) is 30.3 Å². The van der Waals surface area contributed by atoms with Gasteiger partial charge in [0, 0.05) is 29.7 Å². The zero-order valence-electron chi connectivity index (χ0n) is 20.1. The number of hydrogen-bond donors (Lipinski definition) is 1. The summed E-state index contributed by atoms with van der Waals surface area (Å²) in [7, 11) is 0. The third kappa shape index (κ3) is 4.79.